The van der Waals surface area contributed by atoms with E-state index in [0.717, 1.165) is 23.4 Å². The second-order valence-electron chi connectivity index (χ2n) is 6.01. The van der Waals surface area contributed by atoms with Gasteiger partial charge in [0.1, 0.15) is 5.75 Å². The van der Waals surface area contributed by atoms with E-state index in [9.17, 15) is 18.0 Å². The smallest absolute Gasteiger partial charge is 0.416 e. The molecule has 10 heteroatoms. The predicted octanol–water partition coefficient (Wildman–Crippen LogP) is 4.24. The van der Waals surface area contributed by atoms with Crippen LogP contribution in [0.15, 0.2) is 53.7 Å². The Labute approximate surface area is 169 Å². The standard InChI is InChI=1S/C19H17F3N4O2S/c1-26-17(12-3-9-15(28-2)10-4-12)24-25-18(26)29-11-16(27)23-14-7-5-13(6-8-14)19(20,21)22/h3-10H,11H2,1-2H3,(H,23,27). The van der Waals surface area contributed by atoms with E-state index in [4.69, 9.17) is 4.74 Å². The molecule has 29 heavy (non-hydrogen) atoms. The summed E-state index contributed by atoms with van der Waals surface area (Å²) in [5.41, 5.74) is 0.373. The summed E-state index contributed by atoms with van der Waals surface area (Å²) < 4.78 is 44.6. The average Bonchev–Trinajstić information content (AvgIpc) is 3.06. The number of amides is 1. The Morgan fingerprint density at radius 3 is 2.34 bits per heavy atom. The summed E-state index contributed by atoms with van der Waals surface area (Å²) in [5.74, 6) is 1.04. The number of alkyl halides is 3. The Kier molecular flexibility index (Phi) is 6.12. The van der Waals surface area contributed by atoms with Crippen LogP contribution >= 0.6 is 11.8 Å². The molecule has 1 N–H and O–H groups in total. The van der Waals surface area contributed by atoms with E-state index in [1.807, 2.05) is 24.3 Å². The number of hydrogen-bond donors (Lipinski definition) is 1. The minimum Gasteiger partial charge on any atom is -0.497 e. The van der Waals surface area contributed by atoms with Crippen LogP contribution in [0.25, 0.3) is 11.4 Å². The summed E-state index contributed by atoms with van der Waals surface area (Å²) in [4.78, 5) is 12.1. The highest BCUT2D eigenvalue weighted by Crippen LogP contribution is 2.30. The molecule has 0 atom stereocenters. The SMILES string of the molecule is COc1ccc(-c2nnc(SCC(=O)Nc3ccc(C(F)(F)F)cc3)n2C)cc1. The first-order valence-electron chi connectivity index (χ1n) is 8.41. The Balaban J connectivity index is 1.60. The first-order valence-corrected chi connectivity index (χ1v) is 9.40. The molecule has 0 aliphatic heterocycles. The third-order valence-corrected chi connectivity index (χ3v) is 5.03. The molecule has 2 aromatic carbocycles. The van der Waals surface area contributed by atoms with E-state index in [-0.39, 0.29) is 11.7 Å². The maximum absolute atomic E-state index is 12.6. The van der Waals surface area contributed by atoms with Crippen LogP contribution in [-0.4, -0.2) is 33.5 Å². The van der Waals surface area contributed by atoms with Gasteiger partial charge in [-0.15, -0.1) is 10.2 Å². The molecule has 1 amide bonds. The lowest BCUT2D eigenvalue weighted by Gasteiger charge is -2.09. The number of benzene rings is 2. The first kappa shape index (κ1) is 20.7. The number of nitrogens with one attached hydrogen (secondary N) is 1. The zero-order chi connectivity index (χ0) is 21.0. The van der Waals surface area contributed by atoms with Crippen molar-refractivity contribution >= 4 is 23.4 Å². The van der Waals surface area contributed by atoms with Gasteiger partial charge in [-0.2, -0.15) is 13.2 Å². The lowest BCUT2D eigenvalue weighted by atomic mass is 10.2. The van der Waals surface area contributed by atoms with Gasteiger partial charge in [-0.05, 0) is 48.5 Å². The number of methoxy groups -OCH3 is 1. The maximum atomic E-state index is 12.6. The topological polar surface area (TPSA) is 69.0 Å². The molecule has 0 fully saturated rings. The molecular formula is C19H17F3N4O2S. The van der Waals surface area contributed by atoms with Gasteiger partial charge in [0.05, 0.1) is 18.4 Å². The zero-order valence-corrected chi connectivity index (χ0v) is 16.3. The number of aromatic nitrogens is 3. The van der Waals surface area contributed by atoms with Gasteiger partial charge < -0.3 is 14.6 Å². The summed E-state index contributed by atoms with van der Waals surface area (Å²) in [6.45, 7) is 0. The van der Waals surface area contributed by atoms with E-state index in [0.29, 0.717) is 16.7 Å². The van der Waals surface area contributed by atoms with Crippen molar-refractivity contribution in [1.82, 2.24) is 14.8 Å². The summed E-state index contributed by atoms with van der Waals surface area (Å²) in [6.07, 6.45) is -4.41. The summed E-state index contributed by atoms with van der Waals surface area (Å²) >= 11 is 1.18. The van der Waals surface area contributed by atoms with Crippen molar-refractivity contribution in [3.8, 4) is 17.1 Å². The second kappa shape index (κ2) is 8.56. The van der Waals surface area contributed by atoms with Crippen LogP contribution in [0, 0.1) is 0 Å². The monoisotopic (exact) mass is 422 g/mol. The highest BCUT2D eigenvalue weighted by Gasteiger charge is 2.30. The lowest BCUT2D eigenvalue weighted by molar-refractivity contribution is -0.137. The summed E-state index contributed by atoms with van der Waals surface area (Å²) in [6, 6.07) is 11.6. The number of carbonyl (C=O) groups excluding carboxylic acids is 1. The van der Waals surface area contributed by atoms with Crippen LogP contribution in [0.5, 0.6) is 5.75 Å². The highest BCUT2D eigenvalue weighted by molar-refractivity contribution is 7.99. The number of thioether (sulfide) groups is 1. The molecule has 0 unspecified atom stereocenters. The molecule has 0 saturated carbocycles. The summed E-state index contributed by atoms with van der Waals surface area (Å²) in [5, 5.41) is 11.3. The minimum absolute atomic E-state index is 0.0373. The quantitative estimate of drug-likeness (QED) is 0.602. The third kappa shape index (κ3) is 5.08. The molecule has 1 heterocycles. The van der Waals surface area contributed by atoms with Crippen molar-refractivity contribution in [2.45, 2.75) is 11.3 Å². The van der Waals surface area contributed by atoms with Gasteiger partial charge in [0, 0.05) is 18.3 Å². The van der Waals surface area contributed by atoms with Gasteiger partial charge in [-0.25, -0.2) is 0 Å². The fourth-order valence-electron chi connectivity index (χ4n) is 2.50. The number of hydrogen-bond acceptors (Lipinski definition) is 5. The molecule has 3 rings (SSSR count). The number of halogens is 3. The van der Waals surface area contributed by atoms with Gasteiger partial charge in [-0.3, -0.25) is 4.79 Å². The van der Waals surface area contributed by atoms with Crippen molar-refractivity contribution < 1.29 is 22.7 Å². The fraction of sp³-hybridized carbons (Fsp3) is 0.211. The van der Waals surface area contributed by atoms with E-state index >= 15 is 0 Å². The van der Waals surface area contributed by atoms with E-state index in [1.54, 1.807) is 18.7 Å². The molecule has 0 aliphatic carbocycles. The Bertz CT molecular complexity index is 986. The molecule has 0 spiro atoms. The van der Waals surface area contributed by atoms with Gasteiger partial charge >= 0.3 is 6.18 Å². The number of anilines is 1. The zero-order valence-electron chi connectivity index (χ0n) is 15.5. The van der Waals surface area contributed by atoms with E-state index in [1.165, 1.54) is 23.9 Å². The van der Waals surface area contributed by atoms with E-state index < -0.39 is 11.7 Å². The van der Waals surface area contributed by atoms with Crippen molar-refractivity contribution in [3.05, 3.63) is 54.1 Å². The Hall–Kier alpha value is -3.01. The fourth-order valence-corrected chi connectivity index (χ4v) is 3.21. The molecule has 0 aliphatic rings. The van der Waals surface area contributed by atoms with Gasteiger partial charge in [0.25, 0.3) is 0 Å². The van der Waals surface area contributed by atoms with Crippen LogP contribution < -0.4 is 10.1 Å². The van der Waals surface area contributed by atoms with E-state index in [2.05, 4.69) is 15.5 Å². The Morgan fingerprint density at radius 2 is 1.76 bits per heavy atom. The van der Waals surface area contributed by atoms with Crippen molar-refractivity contribution in [2.75, 3.05) is 18.2 Å². The molecule has 152 valence electrons. The third-order valence-electron chi connectivity index (χ3n) is 4.01. The van der Waals surface area contributed by atoms with Crippen molar-refractivity contribution in [3.63, 3.8) is 0 Å². The normalized spacial score (nSPS) is 11.3. The van der Waals surface area contributed by atoms with Crippen LogP contribution in [0.1, 0.15) is 5.56 Å². The average molecular weight is 422 g/mol. The summed E-state index contributed by atoms with van der Waals surface area (Å²) in [7, 11) is 3.37. The van der Waals surface area contributed by atoms with Crippen LogP contribution in [0.4, 0.5) is 18.9 Å². The van der Waals surface area contributed by atoms with Gasteiger partial charge in [0.15, 0.2) is 11.0 Å². The molecule has 0 radical (unpaired) electrons. The number of carbonyl (C=O) groups is 1. The van der Waals surface area contributed by atoms with Crippen molar-refractivity contribution in [1.29, 1.82) is 0 Å². The molecule has 0 saturated heterocycles. The largest absolute Gasteiger partial charge is 0.497 e. The minimum atomic E-state index is -4.41. The van der Waals surface area contributed by atoms with Gasteiger partial charge in [0.2, 0.25) is 5.91 Å². The number of rotatable bonds is 6. The molecule has 0 bridgehead atoms. The van der Waals surface area contributed by atoms with Crippen LogP contribution in [-0.2, 0) is 18.0 Å². The molecule has 1 aromatic heterocycles. The maximum Gasteiger partial charge on any atom is 0.416 e. The highest BCUT2D eigenvalue weighted by atomic mass is 32.2. The molecule has 6 nitrogen and oxygen atoms in total. The van der Waals surface area contributed by atoms with Gasteiger partial charge in [-0.1, -0.05) is 11.8 Å². The van der Waals surface area contributed by atoms with Crippen LogP contribution in [0.3, 0.4) is 0 Å². The van der Waals surface area contributed by atoms with Crippen LogP contribution in [0.2, 0.25) is 0 Å². The molecular weight excluding hydrogens is 405 g/mol. The predicted molar refractivity (Wildman–Crippen MR) is 104 cm³/mol. The first-order chi connectivity index (χ1) is 13.8. The number of nitrogens with zero attached hydrogens (tertiary/aromatic N) is 3. The second-order valence-corrected chi connectivity index (χ2v) is 6.95. The lowest BCUT2D eigenvalue weighted by Crippen LogP contribution is -2.14. The number of ether oxygens (including phenoxy) is 1. The van der Waals surface area contributed by atoms with Crippen molar-refractivity contribution in [2.24, 2.45) is 7.05 Å². The molecule has 3 aromatic rings. The Morgan fingerprint density at radius 1 is 1.10 bits per heavy atom.